The van der Waals surface area contributed by atoms with Gasteiger partial charge in [0.1, 0.15) is 0 Å². The van der Waals surface area contributed by atoms with E-state index in [1.54, 1.807) is 18.3 Å². The van der Waals surface area contributed by atoms with Crippen molar-refractivity contribution in [1.82, 2.24) is 19.9 Å². The number of hydrogen-bond acceptors (Lipinski definition) is 8. The Hall–Kier alpha value is -2.59. The van der Waals surface area contributed by atoms with Crippen molar-refractivity contribution in [3.05, 3.63) is 47.2 Å². The minimum absolute atomic E-state index is 0.0421. The first kappa shape index (κ1) is 21.6. The lowest BCUT2D eigenvalue weighted by molar-refractivity contribution is -0.116. The standard InChI is InChI=1S/C21H23ClN6O2S/c1-14-19(17-6-8-23-20(26-17)25-16-4-2-15(22)3-5-16)31-21(24-14)27-18(29)7-9-28-10-12-30-13-11-28/h2-6,8H,7,9-13H2,1H3,(H,23,25,26)(H,24,27,29). The molecule has 1 amide bonds. The van der Waals surface area contributed by atoms with E-state index in [4.69, 9.17) is 16.3 Å². The van der Waals surface area contributed by atoms with E-state index in [0.717, 1.165) is 54.8 Å². The molecule has 8 nitrogen and oxygen atoms in total. The number of morpholine rings is 1. The van der Waals surface area contributed by atoms with E-state index in [9.17, 15) is 4.79 Å². The van der Waals surface area contributed by atoms with Gasteiger partial charge in [-0.1, -0.05) is 22.9 Å². The highest BCUT2D eigenvalue weighted by Gasteiger charge is 2.16. The van der Waals surface area contributed by atoms with Gasteiger partial charge in [0.2, 0.25) is 11.9 Å². The van der Waals surface area contributed by atoms with Crippen LogP contribution in [-0.4, -0.2) is 58.6 Å². The largest absolute Gasteiger partial charge is 0.379 e. The number of nitrogens with one attached hydrogen (secondary N) is 2. The second kappa shape index (κ2) is 10.1. The van der Waals surface area contributed by atoms with Crippen LogP contribution in [-0.2, 0) is 9.53 Å². The van der Waals surface area contributed by atoms with Crippen molar-refractivity contribution < 1.29 is 9.53 Å². The minimum Gasteiger partial charge on any atom is -0.379 e. The number of anilines is 3. The predicted octanol–water partition coefficient (Wildman–Crippen LogP) is 3.97. The first-order valence-electron chi connectivity index (χ1n) is 10.0. The Balaban J connectivity index is 1.39. The van der Waals surface area contributed by atoms with Gasteiger partial charge < -0.3 is 15.4 Å². The van der Waals surface area contributed by atoms with E-state index >= 15 is 0 Å². The molecule has 162 valence electrons. The third kappa shape index (κ3) is 5.98. The minimum atomic E-state index is -0.0421. The summed E-state index contributed by atoms with van der Waals surface area (Å²) in [6.45, 7) is 5.82. The lowest BCUT2D eigenvalue weighted by Crippen LogP contribution is -2.38. The number of hydrogen-bond donors (Lipinski definition) is 2. The number of rotatable bonds is 7. The topological polar surface area (TPSA) is 92.3 Å². The van der Waals surface area contributed by atoms with Crippen LogP contribution in [0.1, 0.15) is 12.1 Å². The van der Waals surface area contributed by atoms with Gasteiger partial charge in [0, 0.05) is 43.0 Å². The summed E-state index contributed by atoms with van der Waals surface area (Å²) in [6.07, 6.45) is 2.12. The molecule has 1 aromatic carbocycles. The van der Waals surface area contributed by atoms with Gasteiger partial charge in [-0.3, -0.25) is 9.69 Å². The van der Waals surface area contributed by atoms with Crippen LogP contribution in [0.3, 0.4) is 0 Å². The summed E-state index contributed by atoms with van der Waals surface area (Å²) in [5.41, 5.74) is 2.40. The molecule has 2 N–H and O–H groups in total. The van der Waals surface area contributed by atoms with Gasteiger partial charge in [-0.25, -0.2) is 15.0 Å². The Morgan fingerprint density at radius 3 is 2.74 bits per heavy atom. The second-order valence-corrected chi connectivity index (χ2v) is 8.52. The number of carbonyl (C=O) groups excluding carboxylic acids is 1. The van der Waals surface area contributed by atoms with Gasteiger partial charge in [0.05, 0.1) is 29.5 Å². The summed E-state index contributed by atoms with van der Waals surface area (Å²) in [5, 5.41) is 7.32. The molecule has 0 atom stereocenters. The number of aryl methyl sites for hydroxylation is 1. The molecule has 1 fully saturated rings. The highest BCUT2D eigenvalue weighted by molar-refractivity contribution is 7.19. The molecule has 3 heterocycles. The summed E-state index contributed by atoms with van der Waals surface area (Å²) in [4.78, 5) is 28.9. The van der Waals surface area contributed by atoms with Gasteiger partial charge in [-0.05, 0) is 37.3 Å². The Morgan fingerprint density at radius 2 is 1.97 bits per heavy atom. The molecule has 3 aromatic rings. The average molecular weight is 459 g/mol. The molecule has 0 spiro atoms. The fourth-order valence-corrected chi connectivity index (χ4v) is 4.24. The van der Waals surface area contributed by atoms with Gasteiger partial charge in [0.15, 0.2) is 5.13 Å². The molecule has 0 saturated carbocycles. The molecule has 2 aromatic heterocycles. The van der Waals surface area contributed by atoms with Gasteiger partial charge in [0.25, 0.3) is 0 Å². The molecule has 0 bridgehead atoms. The van der Waals surface area contributed by atoms with E-state index < -0.39 is 0 Å². The van der Waals surface area contributed by atoms with Crippen LogP contribution in [0.25, 0.3) is 10.6 Å². The maximum Gasteiger partial charge on any atom is 0.227 e. The SMILES string of the molecule is Cc1nc(NC(=O)CCN2CCOCC2)sc1-c1ccnc(Nc2ccc(Cl)cc2)n1. The van der Waals surface area contributed by atoms with Gasteiger partial charge in [-0.15, -0.1) is 0 Å². The highest BCUT2D eigenvalue weighted by Crippen LogP contribution is 2.32. The summed E-state index contributed by atoms with van der Waals surface area (Å²) < 4.78 is 5.34. The van der Waals surface area contributed by atoms with E-state index in [-0.39, 0.29) is 5.91 Å². The Labute approximate surface area is 189 Å². The van der Waals surface area contributed by atoms with Gasteiger partial charge >= 0.3 is 0 Å². The zero-order valence-electron chi connectivity index (χ0n) is 17.1. The molecule has 4 rings (SSSR count). The lowest BCUT2D eigenvalue weighted by atomic mass is 10.3. The fourth-order valence-electron chi connectivity index (χ4n) is 3.16. The van der Waals surface area contributed by atoms with Crippen molar-refractivity contribution in [3.8, 4) is 10.6 Å². The third-order valence-corrected chi connectivity index (χ3v) is 6.14. The van der Waals surface area contributed by atoms with E-state index in [0.29, 0.717) is 22.5 Å². The van der Waals surface area contributed by atoms with E-state index in [1.807, 2.05) is 25.1 Å². The number of benzene rings is 1. The molecule has 31 heavy (non-hydrogen) atoms. The molecule has 0 radical (unpaired) electrons. The number of nitrogens with zero attached hydrogens (tertiary/aromatic N) is 4. The highest BCUT2D eigenvalue weighted by atomic mass is 35.5. The maximum atomic E-state index is 12.3. The molecule has 0 unspecified atom stereocenters. The van der Waals surface area contributed by atoms with Crippen molar-refractivity contribution >= 4 is 45.6 Å². The van der Waals surface area contributed by atoms with Crippen LogP contribution in [0, 0.1) is 6.92 Å². The van der Waals surface area contributed by atoms with Crippen molar-refractivity contribution in [1.29, 1.82) is 0 Å². The van der Waals surface area contributed by atoms with Crippen LogP contribution < -0.4 is 10.6 Å². The number of halogens is 1. The van der Waals surface area contributed by atoms with Crippen molar-refractivity contribution in [2.75, 3.05) is 43.5 Å². The molecular weight excluding hydrogens is 436 g/mol. The normalized spacial score (nSPS) is 14.4. The monoisotopic (exact) mass is 458 g/mol. The number of thiazole rings is 1. The summed E-state index contributed by atoms with van der Waals surface area (Å²) in [5.74, 6) is 0.434. The Kier molecular flexibility index (Phi) is 7.08. The number of ether oxygens (including phenoxy) is 1. The van der Waals surface area contributed by atoms with Gasteiger partial charge in [-0.2, -0.15) is 0 Å². The predicted molar refractivity (Wildman–Crippen MR) is 123 cm³/mol. The third-order valence-electron chi connectivity index (χ3n) is 4.79. The lowest BCUT2D eigenvalue weighted by Gasteiger charge is -2.26. The van der Waals surface area contributed by atoms with Crippen LogP contribution in [0.15, 0.2) is 36.5 Å². The number of amides is 1. The smallest absolute Gasteiger partial charge is 0.227 e. The Bertz CT molecular complexity index is 1040. The molecule has 1 aliphatic rings. The molecule has 1 aliphatic heterocycles. The Morgan fingerprint density at radius 1 is 1.19 bits per heavy atom. The first-order valence-corrected chi connectivity index (χ1v) is 11.2. The van der Waals surface area contributed by atoms with Crippen LogP contribution in [0.5, 0.6) is 0 Å². The molecule has 0 aliphatic carbocycles. The molecule has 1 saturated heterocycles. The fraction of sp³-hybridized carbons (Fsp3) is 0.333. The maximum absolute atomic E-state index is 12.3. The van der Waals surface area contributed by atoms with Crippen LogP contribution in [0.2, 0.25) is 5.02 Å². The van der Waals surface area contributed by atoms with Crippen LogP contribution >= 0.6 is 22.9 Å². The number of aromatic nitrogens is 3. The van der Waals surface area contributed by atoms with Crippen molar-refractivity contribution in [2.24, 2.45) is 0 Å². The van der Waals surface area contributed by atoms with Crippen molar-refractivity contribution in [3.63, 3.8) is 0 Å². The quantitative estimate of drug-likeness (QED) is 0.553. The summed E-state index contributed by atoms with van der Waals surface area (Å²) >= 11 is 7.34. The zero-order valence-corrected chi connectivity index (χ0v) is 18.7. The summed E-state index contributed by atoms with van der Waals surface area (Å²) in [7, 11) is 0. The molecule has 10 heteroatoms. The number of carbonyl (C=O) groups is 1. The zero-order chi connectivity index (χ0) is 21.6. The second-order valence-electron chi connectivity index (χ2n) is 7.08. The van der Waals surface area contributed by atoms with Crippen LogP contribution in [0.4, 0.5) is 16.8 Å². The van der Waals surface area contributed by atoms with E-state index in [1.165, 1.54) is 11.3 Å². The van der Waals surface area contributed by atoms with E-state index in [2.05, 4.69) is 30.5 Å². The average Bonchev–Trinajstić information content (AvgIpc) is 3.15. The van der Waals surface area contributed by atoms with Crippen molar-refractivity contribution in [2.45, 2.75) is 13.3 Å². The first-order chi connectivity index (χ1) is 15.1. The summed E-state index contributed by atoms with van der Waals surface area (Å²) in [6, 6.07) is 9.16. The molecular formula is C21H23ClN6O2S.